The van der Waals surface area contributed by atoms with Gasteiger partial charge in [-0.1, -0.05) is 70.5 Å². The second kappa shape index (κ2) is 6.59. The molecule has 0 aromatic heterocycles. The lowest BCUT2D eigenvalue weighted by Crippen LogP contribution is -1.98. The van der Waals surface area contributed by atoms with Crippen LogP contribution in [0.2, 0.25) is 0 Å². The Bertz CT molecular complexity index is 705. The maximum Gasteiger partial charge on any atom is 0.0401 e. The van der Waals surface area contributed by atoms with Gasteiger partial charge in [-0.3, -0.25) is 0 Å². The molecule has 0 unspecified atom stereocenters. The highest BCUT2D eigenvalue weighted by molar-refractivity contribution is 9.10. The van der Waals surface area contributed by atoms with Gasteiger partial charge in [0, 0.05) is 16.7 Å². The number of rotatable bonds is 4. The molecule has 0 aliphatic carbocycles. The highest BCUT2D eigenvalue weighted by Crippen LogP contribution is 2.21. The van der Waals surface area contributed by atoms with E-state index in [-0.39, 0.29) is 0 Å². The van der Waals surface area contributed by atoms with Crippen molar-refractivity contribution in [1.29, 1.82) is 0 Å². The number of nitrogens with one attached hydrogen (secondary N) is 1. The fraction of sp³-hybridized carbons (Fsp3) is 0.0526. The highest BCUT2D eigenvalue weighted by atomic mass is 79.9. The fourth-order valence-corrected chi connectivity index (χ4v) is 2.71. The van der Waals surface area contributed by atoms with E-state index in [2.05, 4.69) is 88.0 Å². The minimum absolute atomic E-state index is 0.824. The van der Waals surface area contributed by atoms with Gasteiger partial charge in [0.05, 0.1) is 0 Å². The number of anilines is 1. The standard InChI is InChI=1S/C19H16BrN/c20-18-8-4-5-15(13-18)14-21-19-11-9-17(10-12-19)16-6-2-1-3-7-16/h1-13,21H,14H2. The van der Waals surface area contributed by atoms with Crippen molar-refractivity contribution in [2.75, 3.05) is 5.32 Å². The summed E-state index contributed by atoms with van der Waals surface area (Å²) in [4.78, 5) is 0. The Morgan fingerprint density at radius 2 is 1.43 bits per heavy atom. The van der Waals surface area contributed by atoms with Gasteiger partial charge in [0.15, 0.2) is 0 Å². The van der Waals surface area contributed by atoms with Crippen molar-refractivity contribution in [3.63, 3.8) is 0 Å². The van der Waals surface area contributed by atoms with Gasteiger partial charge in [-0.2, -0.15) is 0 Å². The van der Waals surface area contributed by atoms with Crippen LogP contribution >= 0.6 is 15.9 Å². The molecule has 0 radical (unpaired) electrons. The van der Waals surface area contributed by atoms with Gasteiger partial charge in [0.1, 0.15) is 0 Å². The Hall–Kier alpha value is -2.06. The van der Waals surface area contributed by atoms with E-state index in [4.69, 9.17) is 0 Å². The van der Waals surface area contributed by atoms with Crippen LogP contribution in [0.5, 0.6) is 0 Å². The normalized spacial score (nSPS) is 10.3. The first kappa shape index (κ1) is 13.9. The molecule has 1 nitrogen and oxygen atoms in total. The molecular weight excluding hydrogens is 322 g/mol. The molecule has 0 fully saturated rings. The largest absolute Gasteiger partial charge is 0.381 e. The van der Waals surface area contributed by atoms with Crippen molar-refractivity contribution in [3.05, 3.63) is 88.9 Å². The van der Waals surface area contributed by atoms with Crippen molar-refractivity contribution < 1.29 is 0 Å². The molecule has 0 saturated heterocycles. The quantitative estimate of drug-likeness (QED) is 0.641. The Labute approximate surface area is 133 Å². The molecule has 21 heavy (non-hydrogen) atoms. The van der Waals surface area contributed by atoms with Crippen LogP contribution in [-0.2, 0) is 6.54 Å². The third-order valence-electron chi connectivity index (χ3n) is 3.38. The lowest BCUT2D eigenvalue weighted by atomic mass is 10.1. The van der Waals surface area contributed by atoms with Crippen molar-refractivity contribution >= 4 is 21.6 Å². The Balaban J connectivity index is 1.68. The molecule has 0 bridgehead atoms. The van der Waals surface area contributed by atoms with Crippen molar-refractivity contribution in [2.45, 2.75) is 6.54 Å². The molecular formula is C19H16BrN. The Morgan fingerprint density at radius 1 is 0.714 bits per heavy atom. The molecule has 3 rings (SSSR count). The molecule has 0 aliphatic heterocycles. The number of hydrogen-bond acceptors (Lipinski definition) is 1. The zero-order valence-electron chi connectivity index (χ0n) is 11.6. The van der Waals surface area contributed by atoms with E-state index >= 15 is 0 Å². The molecule has 3 aromatic rings. The van der Waals surface area contributed by atoms with E-state index in [1.807, 2.05) is 12.1 Å². The topological polar surface area (TPSA) is 12.0 Å². The molecule has 0 spiro atoms. The van der Waals surface area contributed by atoms with Crippen molar-refractivity contribution in [3.8, 4) is 11.1 Å². The van der Waals surface area contributed by atoms with E-state index in [0.29, 0.717) is 0 Å². The zero-order chi connectivity index (χ0) is 14.5. The first-order valence-corrected chi connectivity index (χ1v) is 7.74. The van der Waals surface area contributed by atoms with Gasteiger partial charge in [-0.25, -0.2) is 0 Å². The number of hydrogen-bond donors (Lipinski definition) is 1. The molecule has 0 aliphatic rings. The van der Waals surface area contributed by atoms with Crippen LogP contribution in [0.3, 0.4) is 0 Å². The molecule has 104 valence electrons. The molecule has 0 heterocycles. The average Bonchev–Trinajstić information content (AvgIpc) is 2.54. The summed E-state index contributed by atoms with van der Waals surface area (Å²) < 4.78 is 1.11. The van der Waals surface area contributed by atoms with Gasteiger partial charge in [0.2, 0.25) is 0 Å². The van der Waals surface area contributed by atoms with Gasteiger partial charge in [0.25, 0.3) is 0 Å². The minimum atomic E-state index is 0.824. The summed E-state index contributed by atoms with van der Waals surface area (Å²) >= 11 is 3.50. The molecule has 1 N–H and O–H groups in total. The van der Waals surface area contributed by atoms with Crippen LogP contribution in [0.1, 0.15) is 5.56 Å². The highest BCUT2D eigenvalue weighted by Gasteiger charge is 1.98. The maximum absolute atomic E-state index is 3.50. The predicted molar refractivity (Wildman–Crippen MR) is 93.3 cm³/mol. The van der Waals surface area contributed by atoms with Gasteiger partial charge >= 0.3 is 0 Å². The second-order valence-electron chi connectivity index (χ2n) is 4.93. The molecule has 2 heteroatoms. The number of halogens is 1. The van der Waals surface area contributed by atoms with Crippen molar-refractivity contribution in [1.82, 2.24) is 0 Å². The lowest BCUT2D eigenvalue weighted by Gasteiger charge is -2.08. The Morgan fingerprint density at radius 3 is 2.14 bits per heavy atom. The summed E-state index contributed by atoms with van der Waals surface area (Å²) in [6, 6.07) is 27.3. The van der Waals surface area contributed by atoms with Gasteiger partial charge in [-0.05, 0) is 41.0 Å². The second-order valence-corrected chi connectivity index (χ2v) is 5.84. The lowest BCUT2D eigenvalue weighted by molar-refractivity contribution is 1.15. The van der Waals surface area contributed by atoms with Crippen LogP contribution in [0, 0.1) is 0 Å². The molecule has 0 saturated carbocycles. The Kier molecular flexibility index (Phi) is 4.37. The summed E-state index contributed by atoms with van der Waals surface area (Å²) in [7, 11) is 0. The maximum atomic E-state index is 3.50. The van der Waals surface area contributed by atoms with E-state index in [1.54, 1.807) is 0 Å². The van der Waals surface area contributed by atoms with Crippen LogP contribution in [-0.4, -0.2) is 0 Å². The first-order valence-electron chi connectivity index (χ1n) is 6.95. The first-order chi connectivity index (χ1) is 10.3. The third kappa shape index (κ3) is 3.73. The zero-order valence-corrected chi connectivity index (χ0v) is 13.2. The molecule has 0 amide bonds. The van der Waals surface area contributed by atoms with E-state index in [1.165, 1.54) is 16.7 Å². The van der Waals surface area contributed by atoms with Gasteiger partial charge < -0.3 is 5.32 Å². The summed E-state index contributed by atoms with van der Waals surface area (Å²) in [6.45, 7) is 0.824. The fourth-order valence-electron chi connectivity index (χ4n) is 2.26. The SMILES string of the molecule is Brc1cccc(CNc2ccc(-c3ccccc3)cc2)c1. The third-order valence-corrected chi connectivity index (χ3v) is 3.87. The summed E-state index contributed by atoms with van der Waals surface area (Å²) in [5.41, 5.74) is 4.88. The van der Waals surface area contributed by atoms with E-state index in [0.717, 1.165) is 16.7 Å². The smallest absolute Gasteiger partial charge is 0.0401 e. The van der Waals surface area contributed by atoms with E-state index < -0.39 is 0 Å². The molecule has 3 aromatic carbocycles. The van der Waals surface area contributed by atoms with Gasteiger partial charge in [-0.15, -0.1) is 0 Å². The average molecular weight is 338 g/mol. The van der Waals surface area contributed by atoms with Crippen LogP contribution in [0.4, 0.5) is 5.69 Å². The van der Waals surface area contributed by atoms with Crippen LogP contribution in [0.25, 0.3) is 11.1 Å². The summed E-state index contributed by atoms with van der Waals surface area (Å²) in [6.07, 6.45) is 0. The summed E-state index contributed by atoms with van der Waals surface area (Å²) in [5.74, 6) is 0. The van der Waals surface area contributed by atoms with E-state index in [9.17, 15) is 0 Å². The number of benzene rings is 3. The monoisotopic (exact) mass is 337 g/mol. The predicted octanol–water partition coefficient (Wildman–Crippen LogP) is 5.73. The summed E-state index contributed by atoms with van der Waals surface area (Å²) in [5, 5.41) is 3.45. The molecule has 0 atom stereocenters. The minimum Gasteiger partial charge on any atom is -0.381 e. The van der Waals surface area contributed by atoms with Crippen LogP contribution in [0.15, 0.2) is 83.3 Å². The van der Waals surface area contributed by atoms with Crippen molar-refractivity contribution in [2.24, 2.45) is 0 Å². The van der Waals surface area contributed by atoms with Crippen LogP contribution < -0.4 is 5.32 Å².